The van der Waals surface area contributed by atoms with Crippen molar-refractivity contribution in [2.45, 2.75) is 6.42 Å². The fourth-order valence-electron chi connectivity index (χ4n) is 3.02. The molecule has 0 bridgehead atoms. The predicted molar refractivity (Wildman–Crippen MR) is 119 cm³/mol. The zero-order chi connectivity index (χ0) is 22.1. The van der Waals surface area contributed by atoms with Crippen LogP contribution in [0.1, 0.15) is 12.0 Å². The summed E-state index contributed by atoms with van der Waals surface area (Å²) in [6, 6.07) is 19.1. The molecule has 7 nitrogen and oxygen atoms in total. The Bertz CT molecular complexity index is 1100. The number of nitrogens with one attached hydrogen (secondary N) is 1. The van der Waals surface area contributed by atoms with Gasteiger partial charge >= 0.3 is 0 Å². The Morgan fingerprint density at radius 3 is 2.71 bits per heavy atom. The molecular weight excluding hydrogens is 392 g/mol. The van der Waals surface area contributed by atoms with Gasteiger partial charge in [0.05, 0.1) is 12.8 Å². The number of aromatic nitrogens is 2. The highest BCUT2D eigenvalue weighted by Crippen LogP contribution is 2.28. The Labute approximate surface area is 181 Å². The topological polar surface area (TPSA) is 89.2 Å². The normalized spacial score (nSPS) is 11.1. The third-order valence-electron chi connectivity index (χ3n) is 4.58. The molecule has 1 amide bonds. The van der Waals surface area contributed by atoms with Crippen molar-refractivity contribution in [2.24, 2.45) is 0 Å². The van der Waals surface area contributed by atoms with Gasteiger partial charge in [-0.3, -0.25) is 4.79 Å². The van der Waals surface area contributed by atoms with E-state index in [0.29, 0.717) is 36.6 Å². The highest BCUT2D eigenvalue weighted by Gasteiger charge is 2.15. The number of amides is 1. The molecule has 0 radical (unpaired) electrons. The summed E-state index contributed by atoms with van der Waals surface area (Å²) in [6.07, 6.45) is 4.04. The van der Waals surface area contributed by atoms with E-state index in [4.69, 9.17) is 14.6 Å². The molecule has 31 heavy (non-hydrogen) atoms. The summed E-state index contributed by atoms with van der Waals surface area (Å²) in [4.78, 5) is 12.5. The van der Waals surface area contributed by atoms with Crippen LogP contribution in [-0.2, 0) is 9.53 Å². The molecule has 3 rings (SSSR count). The molecule has 3 aromatic rings. The molecule has 0 aliphatic carbocycles. The van der Waals surface area contributed by atoms with Gasteiger partial charge in [-0.2, -0.15) is 10.4 Å². The Morgan fingerprint density at radius 1 is 1.19 bits per heavy atom. The van der Waals surface area contributed by atoms with Gasteiger partial charge in [0.2, 0.25) is 0 Å². The van der Waals surface area contributed by atoms with Crippen LogP contribution in [0.4, 0.5) is 0 Å². The summed E-state index contributed by atoms with van der Waals surface area (Å²) in [5.74, 6) is 0.265. The Balaban J connectivity index is 2.00. The van der Waals surface area contributed by atoms with Crippen molar-refractivity contribution >= 4 is 12.0 Å². The summed E-state index contributed by atoms with van der Waals surface area (Å²) in [5.41, 5.74) is 2.99. The number of rotatable bonds is 9. The van der Waals surface area contributed by atoms with Gasteiger partial charge in [-0.05, 0) is 36.8 Å². The van der Waals surface area contributed by atoms with Crippen molar-refractivity contribution in [3.05, 3.63) is 71.9 Å². The summed E-state index contributed by atoms with van der Waals surface area (Å²) in [7, 11) is 3.21. The summed E-state index contributed by atoms with van der Waals surface area (Å²) >= 11 is 0. The molecule has 0 atom stereocenters. The van der Waals surface area contributed by atoms with E-state index in [1.807, 2.05) is 60.7 Å². The lowest BCUT2D eigenvalue weighted by Gasteiger charge is -2.05. The second kappa shape index (κ2) is 10.8. The molecule has 158 valence electrons. The number of carbonyl (C=O) groups excluding carboxylic acids is 1. The molecule has 0 saturated heterocycles. The number of nitrogens with zero attached hydrogens (tertiary/aromatic N) is 3. The van der Waals surface area contributed by atoms with E-state index >= 15 is 0 Å². The summed E-state index contributed by atoms with van der Waals surface area (Å²) in [5, 5.41) is 17.0. The molecule has 0 saturated carbocycles. The zero-order valence-electron chi connectivity index (χ0n) is 17.5. The van der Waals surface area contributed by atoms with Gasteiger partial charge in [-0.15, -0.1) is 0 Å². The third-order valence-corrected chi connectivity index (χ3v) is 4.58. The van der Waals surface area contributed by atoms with Crippen molar-refractivity contribution in [1.82, 2.24) is 15.1 Å². The molecule has 2 aromatic carbocycles. The largest absolute Gasteiger partial charge is 0.497 e. The molecule has 1 heterocycles. The highest BCUT2D eigenvalue weighted by atomic mass is 16.5. The minimum Gasteiger partial charge on any atom is -0.497 e. The van der Waals surface area contributed by atoms with Gasteiger partial charge < -0.3 is 14.8 Å². The van der Waals surface area contributed by atoms with E-state index in [0.717, 1.165) is 11.3 Å². The second-order valence-corrected chi connectivity index (χ2v) is 6.72. The Morgan fingerprint density at radius 2 is 2.00 bits per heavy atom. The second-order valence-electron chi connectivity index (χ2n) is 6.72. The fourth-order valence-corrected chi connectivity index (χ4v) is 3.02. The van der Waals surface area contributed by atoms with Crippen LogP contribution in [0.2, 0.25) is 0 Å². The molecule has 0 spiro atoms. The maximum atomic E-state index is 12.5. The first-order valence-electron chi connectivity index (χ1n) is 9.84. The van der Waals surface area contributed by atoms with Gasteiger partial charge in [0.25, 0.3) is 5.91 Å². The lowest BCUT2D eigenvalue weighted by atomic mass is 10.1. The standard InChI is InChI=1S/C24H24N4O3/c1-30-13-7-12-26-24(29)19(16-25)14-20-17-28(21-9-4-3-5-10-21)27-23(20)18-8-6-11-22(15-18)31-2/h3-6,8-11,14-15,17H,7,12-13H2,1-2H3,(H,26,29). The smallest absolute Gasteiger partial charge is 0.261 e. The minimum atomic E-state index is -0.428. The van der Waals surface area contributed by atoms with E-state index in [9.17, 15) is 10.1 Å². The van der Waals surface area contributed by atoms with E-state index < -0.39 is 5.91 Å². The van der Waals surface area contributed by atoms with E-state index in [-0.39, 0.29) is 5.57 Å². The van der Waals surface area contributed by atoms with Crippen molar-refractivity contribution in [3.63, 3.8) is 0 Å². The van der Waals surface area contributed by atoms with Crippen molar-refractivity contribution in [1.29, 1.82) is 5.26 Å². The molecule has 0 unspecified atom stereocenters. The monoisotopic (exact) mass is 416 g/mol. The molecular formula is C24H24N4O3. The van der Waals surface area contributed by atoms with Crippen LogP contribution in [0.15, 0.2) is 66.4 Å². The Hall–Kier alpha value is -3.89. The average molecular weight is 416 g/mol. The van der Waals surface area contributed by atoms with Crippen molar-refractivity contribution in [3.8, 4) is 28.8 Å². The molecule has 0 aliphatic rings. The SMILES string of the molecule is COCCCNC(=O)C(C#N)=Cc1cn(-c2ccccc2)nc1-c1cccc(OC)c1. The van der Waals surface area contributed by atoms with Gasteiger partial charge in [0, 0.05) is 37.6 Å². The van der Waals surface area contributed by atoms with Crippen molar-refractivity contribution in [2.75, 3.05) is 27.4 Å². The van der Waals surface area contributed by atoms with Crippen LogP contribution >= 0.6 is 0 Å². The lowest BCUT2D eigenvalue weighted by molar-refractivity contribution is -0.117. The zero-order valence-corrected chi connectivity index (χ0v) is 17.5. The first-order chi connectivity index (χ1) is 15.2. The van der Waals surface area contributed by atoms with E-state index in [1.54, 1.807) is 31.2 Å². The van der Waals surface area contributed by atoms with Crippen LogP contribution in [0.3, 0.4) is 0 Å². The van der Waals surface area contributed by atoms with Crippen LogP contribution in [0.5, 0.6) is 5.75 Å². The number of hydrogen-bond acceptors (Lipinski definition) is 5. The van der Waals surface area contributed by atoms with Crippen LogP contribution in [0, 0.1) is 11.3 Å². The van der Waals surface area contributed by atoms with Crippen LogP contribution < -0.4 is 10.1 Å². The first-order valence-corrected chi connectivity index (χ1v) is 9.84. The molecule has 0 fully saturated rings. The van der Waals surface area contributed by atoms with Crippen LogP contribution in [-0.4, -0.2) is 43.1 Å². The number of carbonyl (C=O) groups is 1. The Kier molecular flexibility index (Phi) is 7.57. The summed E-state index contributed by atoms with van der Waals surface area (Å²) in [6.45, 7) is 0.966. The van der Waals surface area contributed by atoms with Gasteiger partial charge in [0.15, 0.2) is 0 Å². The average Bonchev–Trinajstić information content (AvgIpc) is 3.24. The van der Waals surface area contributed by atoms with E-state index in [2.05, 4.69) is 5.32 Å². The van der Waals surface area contributed by atoms with Gasteiger partial charge in [-0.1, -0.05) is 30.3 Å². The van der Waals surface area contributed by atoms with E-state index in [1.165, 1.54) is 0 Å². The van der Waals surface area contributed by atoms with Crippen molar-refractivity contribution < 1.29 is 14.3 Å². The number of ether oxygens (including phenoxy) is 2. The number of benzene rings is 2. The van der Waals surface area contributed by atoms with Gasteiger partial charge in [0.1, 0.15) is 23.1 Å². The molecule has 7 heteroatoms. The van der Waals surface area contributed by atoms with Crippen LogP contribution in [0.25, 0.3) is 23.0 Å². The number of para-hydroxylation sites is 1. The maximum Gasteiger partial charge on any atom is 0.261 e. The molecule has 1 aromatic heterocycles. The number of nitriles is 1. The number of hydrogen-bond donors (Lipinski definition) is 1. The summed E-state index contributed by atoms with van der Waals surface area (Å²) < 4.78 is 12.0. The quantitative estimate of drug-likeness (QED) is 0.327. The molecule has 0 aliphatic heterocycles. The first kappa shape index (κ1) is 21.8. The number of methoxy groups -OCH3 is 2. The van der Waals surface area contributed by atoms with Gasteiger partial charge in [-0.25, -0.2) is 4.68 Å². The third kappa shape index (κ3) is 5.59. The molecule has 1 N–H and O–H groups in total. The minimum absolute atomic E-state index is 0.00850. The predicted octanol–water partition coefficient (Wildman–Crippen LogP) is 3.61. The maximum absolute atomic E-state index is 12.5. The fraction of sp³-hybridized carbons (Fsp3) is 0.208. The highest BCUT2D eigenvalue weighted by molar-refractivity contribution is 6.02. The lowest BCUT2D eigenvalue weighted by Crippen LogP contribution is -2.26.